The van der Waals surface area contributed by atoms with Crippen molar-refractivity contribution in [2.75, 3.05) is 5.32 Å². The van der Waals surface area contributed by atoms with Gasteiger partial charge >= 0.3 is 0 Å². The van der Waals surface area contributed by atoms with Crippen molar-refractivity contribution in [3.63, 3.8) is 0 Å². The van der Waals surface area contributed by atoms with Crippen molar-refractivity contribution in [3.05, 3.63) is 47.8 Å². The van der Waals surface area contributed by atoms with Crippen molar-refractivity contribution in [1.82, 2.24) is 15.1 Å². The minimum atomic E-state index is -0.480. The van der Waals surface area contributed by atoms with Crippen LogP contribution in [0, 0.1) is 0 Å². The van der Waals surface area contributed by atoms with Gasteiger partial charge in [-0.2, -0.15) is 5.10 Å². The van der Waals surface area contributed by atoms with Gasteiger partial charge in [0, 0.05) is 12.7 Å². The molecule has 0 bridgehead atoms. The number of primary amides is 1. The van der Waals surface area contributed by atoms with Crippen LogP contribution in [-0.2, 0) is 29.1 Å². The van der Waals surface area contributed by atoms with E-state index in [1.54, 1.807) is 6.20 Å². The van der Waals surface area contributed by atoms with Crippen LogP contribution in [0.15, 0.2) is 36.7 Å². The second kappa shape index (κ2) is 7.26. The third-order valence-corrected chi connectivity index (χ3v) is 3.62. The molecular weight excluding hydrogens is 318 g/mol. The van der Waals surface area contributed by atoms with Gasteiger partial charge in [0.25, 0.3) is 0 Å². The highest BCUT2D eigenvalue weighted by Gasteiger charge is 2.24. The molecule has 1 aliphatic rings. The number of nitrogens with one attached hydrogen (secondary N) is 2. The summed E-state index contributed by atoms with van der Waals surface area (Å²) in [4.78, 5) is 23.1. The highest BCUT2D eigenvalue weighted by Crippen LogP contribution is 2.17. The summed E-state index contributed by atoms with van der Waals surface area (Å²) >= 11 is 0. The van der Waals surface area contributed by atoms with Crippen LogP contribution >= 0.6 is 12.4 Å². The Balaban J connectivity index is 0.00000192. The van der Waals surface area contributed by atoms with Crippen molar-refractivity contribution in [1.29, 1.82) is 0 Å². The summed E-state index contributed by atoms with van der Waals surface area (Å²) in [6, 6.07) is 7.79. The maximum absolute atomic E-state index is 12.3. The molecule has 122 valence electrons. The molecule has 0 spiro atoms. The molecule has 4 N–H and O–H groups in total. The molecule has 0 saturated carbocycles. The van der Waals surface area contributed by atoms with E-state index >= 15 is 0 Å². The first kappa shape index (κ1) is 17.0. The quantitative estimate of drug-likeness (QED) is 0.754. The lowest BCUT2D eigenvalue weighted by molar-refractivity contribution is -0.119. The van der Waals surface area contributed by atoms with Crippen molar-refractivity contribution < 1.29 is 9.59 Å². The first-order chi connectivity index (χ1) is 10.6. The molecule has 0 aliphatic carbocycles. The molecular formula is C15H18ClN5O2. The van der Waals surface area contributed by atoms with E-state index in [0.29, 0.717) is 18.7 Å². The number of aromatic nitrogens is 2. The molecule has 1 atom stereocenters. The van der Waals surface area contributed by atoms with Crippen LogP contribution in [0.3, 0.4) is 0 Å². The maximum Gasteiger partial charge on any atom is 0.241 e. The van der Waals surface area contributed by atoms with E-state index in [4.69, 9.17) is 5.73 Å². The average molecular weight is 336 g/mol. The van der Waals surface area contributed by atoms with Crippen LogP contribution < -0.4 is 16.4 Å². The Morgan fingerprint density at radius 3 is 2.83 bits per heavy atom. The van der Waals surface area contributed by atoms with E-state index in [0.717, 1.165) is 0 Å². The largest absolute Gasteiger partial charge is 0.368 e. The molecule has 2 heterocycles. The van der Waals surface area contributed by atoms with Gasteiger partial charge in [0.1, 0.15) is 6.54 Å². The van der Waals surface area contributed by atoms with Gasteiger partial charge in [-0.25, -0.2) is 0 Å². The van der Waals surface area contributed by atoms with Crippen LogP contribution in [0.5, 0.6) is 0 Å². The Hall–Kier alpha value is -2.38. The normalized spacial score (nSPS) is 16.1. The molecule has 1 aromatic carbocycles. The van der Waals surface area contributed by atoms with Gasteiger partial charge in [-0.05, 0) is 17.5 Å². The average Bonchev–Trinajstić information content (AvgIpc) is 2.93. The second-order valence-electron chi connectivity index (χ2n) is 5.29. The number of halogens is 1. The predicted molar refractivity (Wildman–Crippen MR) is 88.1 cm³/mol. The molecule has 7 nitrogen and oxygen atoms in total. The third-order valence-electron chi connectivity index (χ3n) is 3.62. The minimum absolute atomic E-state index is 0. The number of carbonyl (C=O) groups excluding carboxylic acids is 2. The maximum atomic E-state index is 12.3. The smallest absolute Gasteiger partial charge is 0.241 e. The molecule has 1 aliphatic heterocycles. The predicted octanol–water partition coefficient (Wildman–Crippen LogP) is 0.443. The number of hydrogen-bond donors (Lipinski definition) is 3. The van der Waals surface area contributed by atoms with Crippen LogP contribution in [0.2, 0.25) is 0 Å². The van der Waals surface area contributed by atoms with Crippen LogP contribution in [0.1, 0.15) is 11.1 Å². The highest BCUT2D eigenvalue weighted by molar-refractivity contribution is 5.95. The SMILES string of the molecule is Cl.NC(=O)Cn1cc(NC(=O)C2Cc3ccccc3CN2)cn1. The van der Waals surface area contributed by atoms with Gasteiger partial charge in [0.05, 0.1) is 17.9 Å². The number of hydrogen-bond acceptors (Lipinski definition) is 4. The summed E-state index contributed by atoms with van der Waals surface area (Å²) < 4.78 is 1.39. The number of anilines is 1. The third kappa shape index (κ3) is 4.08. The minimum Gasteiger partial charge on any atom is -0.368 e. The Morgan fingerprint density at radius 1 is 1.35 bits per heavy atom. The summed E-state index contributed by atoms with van der Waals surface area (Å²) in [5.41, 5.74) is 8.06. The van der Waals surface area contributed by atoms with Gasteiger partial charge in [-0.1, -0.05) is 24.3 Å². The number of amides is 2. The summed E-state index contributed by atoms with van der Waals surface area (Å²) in [5, 5.41) is 9.99. The molecule has 1 unspecified atom stereocenters. The van der Waals surface area contributed by atoms with Gasteiger partial charge in [-0.15, -0.1) is 12.4 Å². The van der Waals surface area contributed by atoms with Crippen LogP contribution in [0.25, 0.3) is 0 Å². The van der Waals surface area contributed by atoms with E-state index in [1.165, 1.54) is 22.0 Å². The fourth-order valence-corrected chi connectivity index (χ4v) is 2.54. The Morgan fingerprint density at radius 2 is 2.09 bits per heavy atom. The lowest BCUT2D eigenvalue weighted by atomic mass is 9.95. The fourth-order valence-electron chi connectivity index (χ4n) is 2.54. The zero-order chi connectivity index (χ0) is 15.5. The lowest BCUT2D eigenvalue weighted by Crippen LogP contribution is -2.44. The summed E-state index contributed by atoms with van der Waals surface area (Å²) in [5.74, 6) is -0.598. The van der Waals surface area contributed by atoms with Gasteiger partial charge in [0.2, 0.25) is 11.8 Å². The van der Waals surface area contributed by atoms with E-state index in [1.807, 2.05) is 18.2 Å². The Labute approximate surface area is 139 Å². The zero-order valence-electron chi connectivity index (χ0n) is 12.4. The second-order valence-corrected chi connectivity index (χ2v) is 5.29. The summed E-state index contributed by atoms with van der Waals surface area (Å²) in [6.07, 6.45) is 3.73. The molecule has 1 aromatic heterocycles. The Kier molecular flexibility index (Phi) is 5.36. The monoisotopic (exact) mass is 335 g/mol. The topological polar surface area (TPSA) is 102 Å². The number of nitrogens with two attached hydrogens (primary N) is 1. The van der Waals surface area contributed by atoms with Gasteiger partial charge < -0.3 is 16.4 Å². The fraction of sp³-hybridized carbons (Fsp3) is 0.267. The van der Waals surface area contributed by atoms with Crippen molar-refractivity contribution in [3.8, 4) is 0 Å². The number of benzene rings is 1. The highest BCUT2D eigenvalue weighted by atomic mass is 35.5. The standard InChI is InChI=1S/C15H17N5O2.ClH/c16-14(21)9-20-8-12(7-18-20)19-15(22)13-5-10-3-1-2-4-11(10)6-17-13;/h1-4,7-8,13,17H,5-6,9H2,(H2,16,21)(H,19,22);1H. The number of fused-ring (bicyclic) bond motifs is 1. The first-order valence-electron chi connectivity index (χ1n) is 7.03. The molecule has 0 saturated heterocycles. The van der Waals surface area contributed by atoms with Crippen molar-refractivity contribution in [2.24, 2.45) is 5.73 Å². The molecule has 0 fully saturated rings. The molecule has 8 heteroatoms. The van der Waals surface area contributed by atoms with E-state index in [2.05, 4.69) is 21.8 Å². The number of rotatable bonds is 4. The van der Waals surface area contributed by atoms with Gasteiger partial charge in [-0.3, -0.25) is 14.3 Å². The molecule has 2 aromatic rings. The lowest BCUT2D eigenvalue weighted by Gasteiger charge is -2.25. The number of nitrogens with zero attached hydrogens (tertiary/aromatic N) is 2. The molecule has 23 heavy (non-hydrogen) atoms. The first-order valence-corrected chi connectivity index (χ1v) is 7.03. The molecule has 0 radical (unpaired) electrons. The number of carbonyl (C=O) groups is 2. The van der Waals surface area contributed by atoms with E-state index in [-0.39, 0.29) is 30.9 Å². The van der Waals surface area contributed by atoms with Crippen LogP contribution in [0.4, 0.5) is 5.69 Å². The van der Waals surface area contributed by atoms with Crippen molar-refractivity contribution >= 4 is 29.9 Å². The van der Waals surface area contributed by atoms with E-state index in [9.17, 15) is 9.59 Å². The van der Waals surface area contributed by atoms with Crippen molar-refractivity contribution in [2.45, 2.75) is 25.6 Å². The zero-order valence-corrected chi connectivity index (χ0v) is 13.2. The Bertz CT molecular complexity index is 715. The van der Waals surface area contributed by atoms with E-state index < -0.39 is 5.91 Å². The molecule has 3 rings (SSSR count). The molecule has 2 amide bonds. The summed E-state index contributed by atoms with van der Waals surface area (Å²) in [6.45, 7) is 0.667. The summed E-state index contributed by atoms with van der Waals surface area (Å²) in [7, 11) is 0. The van der Waals surface area contributed by atoms with Crippen LogP contribution in [-0.4, -0.2) is 27.6 Å². The van der Waals surface area contributed by atoms with Gasteiger partial charge in [0.15, 0.2) is 0 Å².